The van der Waals surface area contributed by atoms with Crippen molar-refractivity contribution in [1.82, 2.24) is 4.90 Å². The first-order valence-corrected chi connectivity index (χ1v) is 5.86. The van der Waals surface area contributed by atoms with Crippen LogP contribution in [0.15, 0.2) is 0 Å². The normalized spacial score (nSPS) is 15.2. The van der Waals surface area contributed by atoms with Crippen LogP contribution >= 0.6 is 0 Å². The number of carboxylic acids is 1. The lowest BCUT2D eigenvalue weighted by Crippen LogP contribution is -2.51. The van der Waals surface area contributed by atoms with E-state index < -0.39 is 11.5 Å². The van der Waals surface area contributed by atoms with E-state index in [0.717, 1.165) is 0 Å². The molecule has 0 rings (SSSR count). The molecule has 0 radical (unpaired) electrons. The third kappa shape index (κ3) is 5.17. The average molecular weight is 244 g/mol. The minimum atomic E-state index is -0.902. The first-order chi connectivity index (χ1) is 7.57. The molecule has 0 aliphatic heterocycles. The van der Waals surface area contributed by atoms with Crippen LogP contribution in [-0.4, -0.2) is 40.0 Å². The summed E-state index contributed by atoms with van der Waals surface area (Å²) in [4.78, 5) is 24.4. The number of nitrogens with two attached hydrogens (primary N) is 1. The first-order valence-electron chi connectivity index (χ1n) is 5.86. The number of carbonyl (C=O) groups is 2. The monoisotopic (exact) mass is 244 g/mol. The van der Waals surface area contributed by atoms with Gasteiger partial charge in [0.05, 0.1) is 12.3 Å². The maximum atomic E-state index is 12.2. The van der Waals surface area contributed by atoms with Crippen LogP contribution in [0.2, 0.25) is 0 Å². The molecule has 100 valence electrons. The summed E-state index contributed by atoms with van der Waals surface area (Å²) < 4.78 is 0. The number of amides is 1. The molecule has 0 heterocycles. The Morgan fingerprint density at radius 1 is 1.29 bits per heavy atom. The van der Waals surface area contributed by atoms with Crippen LogP contribution in [0.5, 0.6) is 0 Å². The standard InChI is InChI=1S/C12H24N2O3/c1-8(9(2)13)11(17)14(12(3,4)5)7-6-10(15)16/h8-9H,6-7,13H2,1-5H3,(H,15,16). The Labute approximate surface area is 103 Å². The second kappa shape index (κ2) is 6.00. The van der Waals surface area contributed by atoms with Crippen molar-refractivity contribution >= 4 is 11.9 Å². The lowest BCUT2D eigenvalue weighted by molar-refractivity contribution is -0.143. The Balaban J connectivity index is 4.81. The summed E-state index contributed by atoms with van der Waals surface area (Å²) in [5, 5.41) is 8.70. The van der Waals surface area contributed by atoms with E-state index in [1.807, 2.05) is 20.8 Å². The molecule has 5 nitrogen and oxygen atoms in total. The van der Waals surface area contributed by atoms with Gasteiger partial charge in [-0.3, -0.25) is 9.59 Å². The Morgan fingerprint density at radius 3 is 2.06 bits per heavy atom. The molecule has 0 aliphatic rings. The van der Waals surface area contributed by atoms with E-state index in [1.54, 1.807) is 18.7 Å². The van der Waals surface area contributed by atoms with E-state index in [4.69, 9.17) is 10.8 Å². The lowest BCUT2D eigenvalue weighted by atomic mass is 9.98. The van der Waals surface area contributed by atoms with Gasteiger partial charge in [-0.1, -0.05) is 6.92 Å². The number of hydrogen-bond acceptors (Lipinski definition) is 3. The maximum Gasteiger partial charge on any atom is 0.305 e. The predicted octanol–water partition coefficient (Wildman–Crippen LogP) is 1.07. The zero-order valence-electron chi connectivity index (χ0n) is 11.4. The van der Waals surface area contributed by atoms with Gasteiger partial charge in [0, 0.05) is 18.1 Å². The molecule has 0 saturated carbocycles. The van der Waals surface area contributed by atoms with Gasteiger partial charge in [-0.25, -0.2) is 0 Å². The highest BCUT2D eigenvalue weighted by atomic mass is 16.4. The number of carbonyl (C=O) groups excluding carboxylic acids is 1. The summed E-state index contributed by atoms with van der Waals surface area (Å²) in [5.74, 6) is -1.29. The number of nitrogens with zero attached hydrogens (tertiary/aromatic N) is 1. The fourth-order valence-corrected chi connectivity index (χ4v) is 1.45. The van der Waals surface area contributed by atoms with Crippen LogP contribution in [-0.2, 0) is 9.59 Å². The van der Waals surface area contributed by atoms with Crippen LogP contribution in [0.1, 0.15) is 41.0 Å². The highest BCUT2D eigenvalue weighted by molar-refractivity contribution is 5.80. The predicted molar refractivity (Wildman–Crippen MR) is 66.5 cm³/mol. The number of carboxylic acid groups (broad SMARTS) is 1. The fourth-order valence-electron chi connectivity index (χ4n) is 1.45. The SMILES string of the molecule is CC(N)C(C)C(=O)N(CCC(=O)O)C(C)(C)C. The van der Waals surface area contributed by atoms with Crippen molar-refractivity contribution in [2.75, 3.05) is 6.54 Å². The van der Waals surface area contributed by atoms with Crippen molar-refractivity contribution in [2.45, 2.75) is 52.6 Å². The summed E-state index contributed by atoms with van der Waals surface area (Å²) >= 11 is 0. The highest BCUT2D eigenvalue weighted by Gasteiger charge is 2.31. The lowest BCUT2D eigenvalue weighted by Gasteiger charge is -2.38. The van der Waals surface area contributed by atoms with Gasteiger partial charge in [0.1, 0.15) is 0 Å². The van der Waals surface area contributed by atoms with E-state index in [0.29, 0.717) is 0 Å². The van der Waals surface area contributed by atoms with E-state index in [1.165, 1.54) is 0 Å². The van der Waals surface area contributed by atoms with Crippen LogP contribution in [0.25, 0.3) is 0 Å². The van der Waals surface area contributed by atoms with E-state index >= 15 is 0 Å². The second-order valence-electron chi connectivity index (χ2n) is 5.45. The summed E-state index contributed by atoms with van der Waals surface area (Å²) in [6.07, 6.45) is -0.0469. The van der Waals surface area contributed by atoms with Crippen molar-refractivity contribution in [3.05, 3.63) is 0 Å². The number of hydrogen-bond donors (Lipinski definition) is 2. The van der Waals surface area contributed by atoms with Crippen LogP contribution in [0.3, 0.4) is 0 Å². The van der Waals surface area contributed by atoms with Gasteiger partial charge in [0.25, 0.3) is 0 Å². The third-order valence-corrected chi connectivity index (χ3v) is 2.80. The first kappa shape index (κ1) is 15.9. The van der Waals surface area contributed by atoms with Gasteiger partial charge in [-0.15, -0.1) is 0 Å². The Hall–Kier alpha value is -1.10. The Bertz CT molecular complexity index is 282. The van der Waals surface area contributed by atoms with Crippen LogP contribution in [0, 0.1) is 5.92 Å². The van der Waals surface area contributed by atoms with Gasteiger partial charge in [-0.05, 0) is 27.7 Å². The Morgan fingerprint density at radius 2 is 1.76 bits per heavy atom. The van der Waals surface area contributed by atoms with Crippen molar-refractivity contribution in [3.8, 4) is 0 Å². The van der Waals surface area contributed by atoms with Crippen molar-refractivity contribution in [1.29, 1.82) is 0 Å². The van der Waals surface area contributed by atoms with Gasteiger partial charge >= 0.3 is 5.97 Å². The fraction of sp³-hybridized carbons (Fsp3) is 0.833. The van der Waals surface area contributed by atoms with Crippen LogP contribution < -0.4 is 5.73 Å². The molecule has 5 heteroatoms. The Kier molecular flexibility index (Phi) is 5.61. The number of aliphatic carboxylic acids is 1. The van der Waals surface area contributed by atoms with Gasteiger partial charge < -0.3 is 15.7 Å². The molecule has 2 unspecified atom stereocenters. The third-order valence-electron chi connectivity index (χ3n) is 2.80. The molecule has 0 spiro atoms. The van der Waals surface area contributed by atoms with Crippen molar-refractivity contribution < 1.29 is 14.7 Å². The molecule has 0 aromatic heterocycles. The summed E-state index contributed by atoms with van der Waals surface area (Å²) in [6, 6.07) is -0.239. The molecule has 2 atom stereocenters. The molecular weight excluding hydrogens is 220 g/mol. The van der Waals surface area contributed by atoms with Gasteiger partial charge in [0.15, 0.2) is 0 Å². The summed E-state index contributed by atoms with van der Waals surface area (Å²) in [5.41, 5.74) is 5.32. The molecule has 0 aromatic rings. The largest absolute Gasteiger partial charge is 0.481 e. The highest BCUT2D eigenvalue weighted by Crippen LogP contribution is 2.18. The van der Waals surface area contributed by atoms with E-state index in [9.17, 15) is 9.59 Å². The molecule has 0 aliphatic carbocycles. The summed E-state index contributed by atoms with van der Waals surface area (Å²) in [7, 11) is 0. The van der Waals surface area contributed by atoms with E-state index in [2.05, 4.69) is 0 Å². The average Bonchev–Trinajstić information content (AvgIpc) is 2.13. The van der Waals surface area contributed by atoms with Gasteiger partial charge in [0.2, 0.25) is 5.91 Å². The molecule has 17 heavy (non-hydrogen) atoms. The molecule has 0 bridgehead atoms. The molecule has 1 amide bonds. The van der Waals surface area contributed by atoms with Crippen molar-refractivity contribution in [2.24, 2.45) is 11.7 Å². The van der Waals surface area contributed by atoms with Crippen molar-refractivity contribution in [3.63, 3.8) is 0 Å². The quantitative estimate of drug-likeness (QED) is 0.757. The topological polar surface area (TPSA) is 83.6 Å². The van der Waals surface area contributed by atoms with E-state index in [-0.39, 0.29) is 30.8 Å². The maximum absolute atomic E-state index is 12.2. The van der Waals surface area contributed by atoms with Crippen LogP contribution in [0.4, 0.5) is 0 Å². The second-order valence-corrected chi connectivity index (χ2v) is 5.45. The van der Waals surface area contributed by atoms with Gasteiger partial charge in [-0.2, -0.15) is 0 Å². The molecule has 0 fully saturated rings. The number of rotatable bonds is 5. The summed E-state index contributed by atoms with van der Waals surface area (Å²) in [6.45, 7) is 9.43. The smallest absolute Gasteiger partial charge is 0.305 e. The molecular formula is C12H24N2O3. The molecule has 0 aromatic carbocycles. The zero-order valence-corrected chi connectivity index (χ0v) is 11.4. The minimum Gasteiger partial charge on any atom is -0.481 e. The molecule has 3 N–H and O–H groups in total. The minimum absolute atomic E-state index is 0.0469. The zero-order chi connectivity index (χ0) is 13.8. The molecule has 0 saturated heterocycles.